The fourth-order valence-electron chi connectivity index (χ4n) is 1.17. The van der Waals surface area contributed by atoms with Crippen LogP contribution in [0.15, 0.2) is 6.07 Å². The maximum Gasteiger partial charge on any atom is 0.297 e. The molecule has 0 spiro atoms. The lowest BCUT2D eigenvalue weighted by Gasteiger charge is -2.08. The van der Waals surface area contributed by atoms with Gasteiger partial charge in [0.25, 0.3) is 12.1 Å². The van der Waals surface area contributed by atoms with E-state index in [2.05, 4.69) is 4.98 Å². The molecule has 0 atom stereocenters. The molecule has 88 valence electrons. The van der Waals surface area contributed by atoms with Gasteiger partial charge in [0.2, 0.25) is 5.88 Å². The Morgan fingerprint density at radius 3 is 2.69 bits per heavy atom. The van der Waals surface area contributed by atoms with Gasteiger partial charge in [0.1, 0.15) is 0 Å². The highest BCUT2D eigenvalue weighted by Gasteiger charge is 2.26. The molecule has 1 heterocycles. The number of rotatable bonds is 4. The third-order valence-electron chi connectivity index (χ3n) is 1.89. The molecule has 1 aromatic rings. The van der Waals surface area contributed by atoms with Crippen LogP contribution in [-0.2, 0) is 6.54 Å². The summed E-state index contributed by atoms with van der Waals surface area (Å²) in [6.07, 6.45) is -3.04. The van der Waals surface area contributed by atoms with Crippen molar-refractivity contribution in [3.63, 3.8) is 0 Å². The van der Waals surface area contributed by atoms with Crippen LogP contribution in [-0.4, -0.2) is 17.0 Å². The summed E-state index contributed by atoms with van der Waals surface area (Å²) in [5.41, 5.74) is 3.83. The number of hydrogen-bond donors (Lipinski definition) is 1. The topological polar surface area (TPSA) is 91.3 Å². The molecule has 0 radical (unpaired) electrons. The molecule has 0 fully saturated rings. The first-order chi connectivity index (χ1) is 7.51. The van der Waals surface area contributed by atoms with Gasteiger partial charge in [-0.05, 0) is 0 Å². The van der Waals surface area contributed by atoms with E-state index in [0.717, 1.165) is 6.07 Å². The molecule has 6 nitrogen and oxygen atoms in total. The van der Waals surface area contributed by atoms with E-state index in [1.807, 2.05) is 0 Å². The Labute approximate surface area is 89.2 Å². The van der Waals surface area contributed by atoms with Gasteiger partial charge >= 0.3 is 0 Å². The maximum absolute atomic E-state index is 12.5. The van der Waals surface area contributed by atoms with Crippen LogP contribution < -0.4 is 10.5 Å². The number of pyridine rings is 1. The van der Waals surface area contributed by atoms with Gasteiger partial charge < -0.3 is 10.5 Å². The number of hydrogen-bond acceptors (Lipinski definition) is 5. The third-order valence-corrected chi connectivity index (χ3v) is 1.89. The van der Waals surface area contributed by atoms with Crippen molar-refractivity contribution < 1.29 is 18.4 Å². The second-order valence-electron chi connectivity index (χ2n) is 2.82. The zero-order valence-corrected chi connectivity index (χ0v) is 8.31. The summed E-state index contributed by atoms with van der Waals surface area (Å²) in [5.74, 6) is -0.122. The lowest BCUT2D eigenvalue weighted by atomic mass is 10.2. The second-order valence-corrected chi connectivity index (χ2v) is 2.82. The van der Waals surface area contributed by atoms with E-state index in [-0.39, 0.29) is 18.0 Å². The summed E-state index contributed by atoms with van der Waals surface area (Å²) in [7, 11) is 1.22. The number of nitrogens with zero attached hydrogens (tertiary/aromatic N) is 2. The predicted octanol–water partition coefficient (Wildman–Crippen LogP) is 1.39. The Kier molecular flexibility index (Phi) is 3.67. The van der Waals surface area contributed by atoms with Crippen LogP contribution in [0.4, 0.5) is 14.5 Å². The number of nitrogens with two attached hydrogens (primary N) is 1. The normalized spacial score (nSPS) is 10.6. The molecule has 0 aliphatic carbocycles. The molecule has 0 saturated heterocycles. The van der Waals surface area contributed by atoms with Gasteiger partial charge in [-0.15, -0.1) is 0 Å². The van der Waals surface area contributed by atoms with Gasteiger partial charge in [-0.25, -0.2) is 13.8 Å². The van der Waals surface area contributed by atoms with E-state index >= 15 is 0 Å². The van der Waals surface area contributed by atoms with Crippen LogP contribution in [0.2, 0.25) is 0 Å². The molecule has 0 aromatic carbocycles. The lowest BCUT2D eigenvalue weighted by molar-refractivity contribution is -0.386. The molecular formula is C8H9F2N3O3. The first-order valence-electron chi connectivity index (χ1n) is 4.21. The van der Waals surface area contributed by atoms with Crippen molar-refractivity contribution in [2.75, 3.05) is 7.11 Å². The zero-order chi connectivity index (χ0) is 12.3. The fraction of sp³-hybridized carbons (Fsp3) is 0.375. The summed E-state index contributed by atoms with van der Waals surface area (Å²) >= 11 is 0. The fourth-order valence-corrected chi connectivity index (χ4v) is 1.17. The van der Waals surface area contributed by atoms with E-state index in [0.29, 0.717) is 0 Å². The molecule has 1 rings (SSSR count). The molecule has 0 saturated carbocycles. The summed E-state index contributed by atoms with van der Waals surface area (Å²) in [5, 5.41) is 10.5. The number of nitro groups is 1. The Morgan fingerprint density at radius 2 is 2.31 bits per heavy atom. The van der Waals surface area contributed by atoms with E-state index in [9.17, 15) is 18.9 Å². The van der Waals surface area contributed by atoms with Crippen molar-refractivity contribution in [1.82, 2.24) is 4.98 Å². The van der Waals surface area contributed by atoms with Crippen LogP contribution in [0.3, 0.4) is 0 Å². The van der Waals surface area contributed by atoms with Crippen LogP contribution in [0.25, 0.3) is 0 Å². The predicted molar refractivity (Wildman–Crippen MR) is 50.3 cm³/mol. The van der Waals surface area contributed by atoms with Gasteiger partial charge in [0.05, 0.1) is 12.0 Å². The minimum absolute atomic E-state index is 0.0828. The van der Waals surface area contributed by atoms with E-state index in [1.165, 1.54) is 7.11 Å². The van der Waals surface area contributed by atoms with Crippen LogP contribution >= 0.6 is 0 Å². The van der Waals surface area contributed by atoms with Crippen molar-refractivity contribution in [2.24, 2.45) is 5.73 Å². The van der Waals surface area contributed by atoms with Gasteiger partial charge in [-0.2, -0.15) is 0 Å². The molecule has 0 bridgehead atoms. The summed E-state index contributed by atoms with van der Waals surface area (Å²) < 4.78 is 29.7. The first kappa shape index (κ1) is 12.2. The average Bonchev–Trinajstić information content (AvgIpc) is 2.26. The summed E-state index contributed by atoms with van der Waals surface area (Å²) in [6, 6.07) is 0.952. The van der Waals surface area contributed by atoms with Crippen LogP contribution in [0.1, 0.15) is 17.7 Å². The molecule has 2 N–H and O–H groups in total. The highest BCUT2D eigenvalue weighted by Crippen LogP contribution is 2.31. The van der Waals surface area contributed by atoms with Crippen molar-refractivity contribution >= 4 is 5.69 Å². The summed E-state index contributed by atoms with van der Waals surface area (Å²) in [6.45, 7) is -0.0828. The second kappa shape index (κ2) is 4.79. The van der Waals surface area contributed by atoms with Crippen molar-refractivity contribution in [3.05, 3.63) is 27.4 Å². The highest BCUT2D eigenvalue weighted by molar-refractivity contribution is 5.44. The SMILES string of the molecule is COc1nc(C(F)F)c([N+](=O)[O-])cc1CN. The maximum atomic E-state index is 12.5. The largest absolute Gasteiger partial charge is 0.481 e. The standard InChI is InChI=1S/C8H9F2N3O3/c1-16-8-4(3-11)2-5(13(14)15)6(12-8)7(9)10/h2,7H,3,11H2,1H3. The molecular weight excluding hydrogens is 224 g/mol. The molecule has 0 amide bonds. The molecule has 16 heavy (non-hydrogen) atoms. The van der Waals surface area contributed by atoms with Crippen molar-refractivity contribution in [2.45, 2.75) is 13.0 Å². The quantitative estimate of drug-likeness (QED) is 0.626. The summed E-state index contributed by atoms with van der Waals surface area (Å²) in [4.78, 5) is 13.0. The Hall–Kier alpha value is -1.83. The Bertz CT molecular complexity index is 412. The Morgan fingerprint density at radius 1 is 1.69 bits per heavy atom. The van der Waals surface area contributed by atoms with Gasteiger partial charge in [-0.1, -0.05) is 0 Å². The van der Waals surface area contributed by atoms with Gasteiger partial charge in [-0.3, -0.25) is 10.1 Å². The minimum Gasteiger partial charge on any atom is -0.481 e. The third kappa shape index (κ3) is 2.22. The smallest absolute Gasteiger partial charge is 0.297 e. The van der Waals surface area contributed by atoms with Crippen LogP contribution in [0.5, 0.6) is 5.88 Å². The number of halogens is 2. The molecule has 0 unspecified atom stereocenters. The lowest BCUT2D eigenvalue weighted by Crippen LogP contribution is -2.07. The monoisotopic (exact) mass is 233 g/mol. The van der Waals surface area contributed by atoms with Gasteiger partial charge in [0.15, 0.2) is 5.69 Å². The number of ether oxygens (including phenoxy) is 1. The minimum atomic E-state index is -3.04. The highest BCUT2D eigenvalue weighted by atomic mass is 19.3. The number of methoxy groups -OCH3 is 1. The first-order valence-corrected chi connectivity index (χ1v) is 4.21. The molecule has 0 aliphatic rings. The van der Waals surface area contributed by atoms with E-state index < -0.39 is 22.7 Å². The van der Waals surface area contributed by atoms with E-state index in [4.69, 9.17) is 10.5 Å². The van der Waals surface area contributed by atoms with Gasteiger partial charge in [0, 0.05) is 18.2 Å². The Balaban J connectivity index is 3.41. The van der Waals surface area contributed by atoms with Crippen LogP contribution in [0, 0.1) is 10.1 Å². The number of aromatic nitrogens is 1. The number of alkyl halides is 2. The molecule has 8 heteroatoms. The van der Waals surface area contributed by atoms with Crippen molar-refractivity contribution in [3.8, 4) is 5.88 Å². The zero-order valence-electron chi connectivity index (χ0n) is 8.31. The van der Waals surface area contributed by atoms with Crippen molar-refractivity contribution in [1.29, 1.82) is 0 Å². The average molecular weight is 233 g/mol. The van der Waals surface area contributed by atoms with E-state index in [1.54, 1.807) is 0 Å². The molecule has 1 aromatic heterocycles. The molecule has 0 aliphatic heterocycles.